The van der Waals surface area contributed by atoms with E-state index >= 15 is 0 Å². The van der Waals surface area contributed by atoms with Crippen LogP contribution in [-0.4, -0.2) is 17.9 Å². The Morgan fingerprint density at radius 2 is 2.00 bits per heavy atom. The molecule has 0 saturated heterocycles. The Bertz CT molecular complexity index is 711. The fourth-order valence-corrected chi connectivity index (χ4v) is 2.66. The van der Waals surface area contributed by atoms with Crippen molar-refractivity contribution in [2.45, 2.75) is 32.3 Å². The third-order valence-electron chi connectivity index (χ3n) is 3.88. The molecule has 1 heterocycles. The molecule has 24 heavy (non-hydrogen) atoms. The fraction of sp³-hybridized carbons (Fsp3) is 0.316. The summed E-state index contributed by atoms with van der Waals surface area (Å²) in [5.74, 6) is 1.56. The van der Waals surface area contributed by atoms with Gasteiger partial charge in [0.15, 0.2) is 11.5 Å². The van der Waals surface area contributed by atoms with E-state index in [0.717, 1.165) is 41.2 Å². The van der Waals surface area contributed by atoms with E-state index in [0.29, 0.717) is 13.0 Å². The highest BCUT2D eigenvalue weighted by Crippen LogP contribution is 2.35. The number of carboxylic acid groups (broad SMARTS) is 1. The van der Waals surface area contributed by atoms with Gasteiger partial charge in [-0.05, 0) is 43.0 Å². The lowest BCUT2D eigenvalue weighted by Crippen LogP contribution is -1.99. The highest BCUT2D eigenvalue weighted by molar-refractivity contribution is 5.66. The molecule has 2 aromatic rings. The van der Waals surface area contributed by atoms with E-state index in [1.165, 1.54) is 0 Å². The number of para-hydroxylation sites is 1. The fourth-order valence-electron chi connectivity index (χ4n) is 2.66. The Kier molecular flexibility index (Phi) is 5.21. The van der Waals surface area contributed by atoms with Gasteiger partial charge in [-0.15, -0.1) is 0 Å². The summed E-state index contributed by atoms with van der Waals surface area (Å²) in [5.41, 5.74) is 2.10. The zero-order valence-corrected chi connectivity index (χ0v) is 13.4. The van der Waals surface area contributed by atoms with Crippen molar-refractivity contribution in [2.24, 2.45) is 0 Å². The number of aryl methyl sites for hydroxylation is 1. The van der Waals surface area contributed by atoms with Crippen LogP contribution in [0.25, 0.3) is 0 Å². The molecule has 1 aliphatic heterocycles. The maximum Gasteiger partial charge on any atom is 0.303 e. The highest BCUT2D eigenvalue weighted by atomic mass is 16.7. The van der Waals surface area contributed by atoms with Gasteiger partial charge in [0.1, 0.15) is 12.4 Å². The molecule has 1 N–H and O–H groups in total. The molecule has 0 bridgehead atoms. The van der Waals surface area contributed by atoms with Crippen molar-refractivity contribution in [3.63, 3.8) is 0 Å². The first kappa shape index (κ1) is 16.2. The molecular weight excluding hydrogens is 308 g/mol. The number of fused-ring (bicyclic) bond motifs is 1. The molecular formula is C19H20O5. The van der Waals surface area contributed by atoms with E-state index < -0.39 is 5.97 Å². The van der Waals surface area contributed by atoms with Gasteiger partial charge in [0.25, 0.3) is 0 Å². The molecule has 126 valence electrons. The molecule has 0 saturated carbocycles. The van der Waals surface area contributed by atoms with Crippen LogP contribution in [0, 0.1) is 0 Å². The minimum absolute atomic E-state index is 0.220. The highest BCUT2D eigenvalue weighted by Gasteiger charge is 2.17. The van der Waals surface area contributed by atoms with E-state index in [-0.39, 0.29) is 13.2 Å². The molecule has 0 aliphatic carbocycles. The lowest BCUT2D eigenvalue weighted by Gasteiger charge is -2.10. The van der Waals surface area contributed by atoms with Gasteiger partial charge in [0, 0.05) is 12.0 Å². The van der Waals surface area contributed by atoms with Gasteiger partial charge in [-0.2, -0.15) is 0 Å². The van der Waals surface area contributed by atoms with Gasteiger partial charge in [-0.3, -0.25) is 4.79 Å². The molecule has 5 nitrogen and oxygen atoms in total. The number of aliphatic carboxylic acids is 1. The van der Waals surface area contributed by atoms with E-state index in [1.54, 1.807) is 0 Å². The van der Waals surface area contributed by atoms with Gasteiger partial charge >= 0.3 is 5.97 Å². The normalized spacial score (nSPS) is 12.2. The number of hydrogen-bond acceptors (Lipinski definition) is 4. The van der Waals surface area contributed by atoms with Crippen LogP contribution in [0.5, 0.6) is 17.2 Å². The average molecular weight is 328 g/mol. The number of ether oxygens (including phenoxy) is 3. The minimum Gasteiger partial charge on any atom is -0.489 e. The van der Waals surface area contributed by atoms with Crippen LogP contribution in [-0.2, 0) is 17.8 Å². The second kappa shape index (κ2) is 7.73. The molecule has 0 spiro atoms. The lowest BCUT2D eigenvalue weighted by molar-refractivity contribution is -0.137. The molecule has 0 unspecified atom stereocenters. The monoisotopic (exact) mass is 328 g/mol. The van der Waals surface area contributed by atoms with Crippen LogP contribution in [0.3, 0.4) is 0 Å². The number of unbranched alkanes of at least 4 members (excludes halogenated alkanes) is 1. The lowest BCUT2D eigenvalue weighted by atomic mass is 10.1. The number of hydrogen-bond donors (Lipinski definition) is 1. The molecule has 0 radical (unpaired) electrons. The second-order valence-corrected chi connectivity index (χ2v) is 5.69. The van der Waals surface area contributed by atoms with Crippen LogP contribution >= 0.6 is 0 Å². The average Bonchev–Trinajstić information content (AvgIpc) is 3.06. The SMILES string of the molecule is O=C(O)CCCCc1cccc(OCc2cccc3c2OCO3)c1. The molecule has 0 atom stereocenters. The molecule has 5 heteroatoms. The molecule has 0 amide bonds. The van der Waals surface area contributed by atoms with Crippen molar-refractivity contribution >= 4 is 5.97 Å². The first-order chi connectivity index (χ1) is 11.7. The van der Waals surface area contributed by atoms with Crippen molar-refractivity contribution in [3.05, 3.63) is 53.6 Å². The van der Waals surface area contributed by atoms with Crippen LogP contribution < -0.4 is 14.2 Å². The summed E-state index contributed by atoms with van der Waals surface area (Å²) in [6.07, 6.45) is 2.61. The zero-order chi connectivity index (χ0) is 16.8. The van der Waals surface area contributed by atoms with Crippen LogP contribution in [0.4, 0.5) is 0 Å². The standard InChI is InChI=1S/C19H20O5/c20-18(21)10-2-1-5-14-6-3-8-16(11-14)22-12-15-7-4-9-17-19(15)24-13-23-17/h3-4,6-9,11H,1-2,5,10,12-13H2,(H,20,21). The predicted octanol–water partition coefficient (Wildman–Crippen LogP) is 3.79. The Morgan fingerprint density at radius 1 is 1.12 bits per heavy atom. The van der Waals surface area contributed by atoms with Gasteiger partial charge in [-0.25, -0.2) is 0 Å². The van der Waals surface area contributed by atoms with Crippen molar-refractivity contribution < 1.29 is 24.1 Å². The van der Waals surface area contributed by atoms with Gasteiger partial charge in [0.2, 0.25) is 6.79 Å². The summed E-state index contributed by atoms with van der Waals surface area (Å²) in [4.78, 5) is 10.5. The van der Waals surface area contributed by atoms with E-state index in [9.17, 15) is 4.79 Å². The number of benzene rings is 2. The zero-order valence-electron chi connectivity index (χ0n) is 13.4. The summed E-state index contributed by atoms with van der Waals surface area (Å²) in [6.45, 7) is 0.660. The second-order valence-electron chi connectivity index (χ2n) is 5.69. The third-order valence-corrected chi connectivity index (χ3v) is 3.88. The van der Waals surface area contributed by atoms with E-state index in [2.05, 4.69) is 0 Å². The Balaban J connectivity index is 1.55. The summed E-state index contributed by atoms with van der Waals surface area (Å²) in [6, 6.07) is 13.7. The van der Waals surface area contributed by atoms with Crippen molar-refractivity contribution in [1.82, 2.24) is 0 Å². The van der Waals surface area contributed by atoms with Crippen molar-refractivity contribution in [1.29, 1.82) is 0 Å². The van der Waals surface area contributed by atoms with Crippen molar-refractivity contribution in [2.75, 3.05) is 6.79 Å². The number of carboxylic acids is 1. The van der Waals surface area contributed by atoms with Crippen LogP contribution in [0.1, 0.15) is 30.4 Å². The molecule has 1 aliphatic rings. The molecule has 0 aromatic heterocycles. The molecule has 0 fully saturated rings. The quantitative estimate of drug-likeness (QED) is 0.747. The number of carbonyl (C=O) groups is 1. The van der Waals surface area contributed by atoms with E-state index in [4.69, 9.17) is 19.3 Å². The van der Waals surface area contributed by atoms with E-state index in [1.807, 2.05) is 42.5 Å². The largest absolute Gasteiger partial charge is 0.489 e. The Morgan fingerprint density at radius 3 is 2.88 bits per heavy atom. The molecule has 3 rings (SSSR count). The van der Waals surface area contributed by atoms with Crippen LogP contribution in [0.2, 0.25) is 0 Å². The van der Waals surface area contributed by atoms with Gasteiger partial charge < -0.3 is 19.3 Å². The summed E-state index contributed by atoms with van der Waals surface area (Å²) >= 11 is 0. The summed E-state index contributed by atoms with van der Waals surface area (Å²) < 4.78 is 16.7. The first-order valence-corrected chi connectivity index (χ1v) is 8.03. The summed E-state index contributed by atoms with van der Waals surface area (Å²) in [5, 5.41) is 8.66. The predicted molar refractivity (Wildman–Crippen MR) is 88.5 cm³/mol. The molecule has 2 aromatic carbocycles. The maximum absolute atomic E-state index is 10.5. The summed E-state index contributed by atoms with van der Waals surface area (Å²) in [7, 11) is 0. The number of rotatable bonds is 8. The minimum atomic E-state index is -0.742. The Labute approximate surface area is 140 Å². The third kappa shape index (κ3) is 4.19. The Hall–Kier alpha value is -2.69. The topological polar surface area (TPSA) is 65.0 Å². The smallest absolute Gasteiger partial charge is 0.303 e. The first-order valence-electron chi connectivity index (χ1n) is 8.03. The van der Waals surface area contributed by atoms with Gasteiger partial charge in [-0.1, -0.05) is 24.3 Å². The maximum atomic E-state index is 10.5. The van der Waals surface area contributed by atoms with Crippen LogP contribution in [0.15, 0.2) is 42.5 Å². The van der Waals surface area contributed by atoms with Gasteiger partial charge in [0.05, 0.1) is 0 Å². The van der Waals surface area contributed by atoms with Crippen molar-refractivity contribution in [3.8, 4) is 17.2 Å².